The third-order valence-corrected chi connectivity index (χ3v) is 3.25. The van der Waals surface area contributed by atoms with Gasteiger partial charge >= 0.3 is 0 Å². The lowest BCUT2D eigenvalue weighted by molar-refractivity contribution is 0.634. The second kappa shape index (κ2) is 5.00. The minimum absolute atomic E-state index is 0.0576. The molecule has 17 heavy (non-hydrogen) atoms. The number of hydrogen-bond donors (Lipinski definition) is 0. The Morgan fingerprint density at radius 1 is 1.29 bits per heavy atom. The van der Waals surface area contributed by atoms with Gasteiger partial charge in [0.05, 0.1) is 12.7 Å². The van der Waals surface area contributed by atoms with E-state index < -0.39 is 0 Å². The number of aromatic nitrogens is 2. The number of rotatable bonds is 2. The van der Waals surface area contributed by atoms with Gasteiger partial charge in [0.2, 0.25) is 0 Å². The molecule has 2 rings (SSSR count). The lowest BCUT2D eigenvalue weighted by atomic mass is 10.1. The maximum atomic E-state index is 11.7. The summed E-state index contributed by atoms with van der Waals surface area (Å²) in [5.74, 6) is 0. The number of nitrogens with zero attached hydrogens (tertiary/aromatic N) is 2. The molecule has 88 valence electrons. The van der Waals surface area contributed by atoms with E-state index in [1.807, 2.05) is 13.8 Å². The summed E-state index contributed by atoms with van der Waals surface area (Å²) in [6, 6.07) is 7.84. The van der Waals surface area contributed by atoms with Crippen LogP contribution in [0.2, 0.25) is 0 Å². The zero-order chi connectivity index (χ0) is 12.4. The molecule has 1 aromatic carbocycles. The predicted molar refractivity (Wildman–Crippen MR) is 76.2 cm³/mol. The van der Waals surface area contributed by atoms with E-state index >= 15 is 0 Å². The molecule has 0 spiro atoms. The van der Waals surface area contributed by atoms with E-state index in [0.717, 1.165) is 9.13 Å². The Bertz CT molecular complexity index is 605. The molecule has 0 aliphatic carbocycles. The lowest BCUT2D eigenvalue weighted by Crippen LogP contribution is -2.23. The molecule has 0 aliphatic heterocycles. The van der Waals surface area contributed by atoms with Gasteiger partial charge in [0, 0.05) is 9.64 Å². The molecule has 0 N–H and O–H groups in total. The van der Waals surface area contributed by atoms with Gasteiger partial charge in [-0.15, -0.1) is 0 Å². The van der Waals surface area contributed by atoms with Crippen molar-refractivity contribution in [1.82, 2.24) is 9.78 Å². The topological polar surface area (TPSA) is 34.9 Å². The van der Waals surface area contributed by atoms with Crippen LogP contribution in [0.3, 0.4) is 0 Å². The van der Waals surface area contributed by atoms with Crippen LogP contribution in [0, 0.1) is 17.4 Å². The first-order chi connectivity index (χ1) is 8.06. The molecule has 3 nitrogen and oxygen atoms in total. The number of benzene rings is 1. The summed E-state index contributed by atoms with van der Waals surface area (Å²) in [5, 5.41) is 4.14. The fourth-order valence-electron chi connectivity index (χ4n) is 1.66. The molecular formula is C13H13IN2O. The van der Waals surface area contributed by atoms with Crippen LogP contribution in [0.5, 0.6) is 0 Å². The summed E-state index contributed by atoms with van der Waals surface area (Å²) >= 11 is 2.09. The van der Waals surface area contributed by atoms with Gasteiger partial charge < -0.3 is 0 Å². The van der Waals surface area contributed by atoms with Gasteiger partial charge in [-0.05, 0) is 47.6 Å². The molecule has 0 amide bonds. The fourth-order valence-corrected chi connectivity index (χ4v) is 2.05. The van der Waals surface area contributed by atoms with Gasteiger partial charge in [-0.25, -0.2) is 4.68 Å². The van der Waals surface area contributed by atoms with Crippen molar-refractivity contribution >= 4 is 22.6 Å². The molecule has 0 saturated heterocycles. The van der Waals surface area contributed by atoms with Crippen molar-refractivity contribution in [2.45, 2.75) is 20.4 Å². The fraction of sp³-hybridized carbons (Fsp3) is 0.231. The zero-order valence-corrected chi connectivity index (χ0v) is 11.9. The monoisotopic (exact) mass is 340 g/mol. The Balaban J connectivity index is 2.38. The zero-order valence-electron chi connectivity index (χ0n) is 9.77. The van der Waals surface area contributed by atoms with Crippen LogP contribution in [-0.4, -0.2) is 9.78 Å². The first-order valence-corrected chi connectivity index (χ1v) is 6.43. The lowest BCUT2D eigenvalue weighted by Gasteiger charge is -2.08. The summed E-state index contributed by atoms with van der Waals surface area (Å²) in [5.41, 5.74) is 3.46. The largest absolute Gasteiger partial charge is 0.268 e. The van der Waals surface area contributed by atoms with Crippen molar-refractivity contribution in [3.8, 4) is 0 Å². The van der Waals surface area contributed by atoms with Crippen molar-refractivity contribution < 1.29 is 0 Å². The van der Waals surface area contributed by atoms with E-state index in [9.17, 15) is 4.79 Å². The van der Waals surface area contributed by atoms with Crippen molar-refractivity contribution in [3.63, 3.8) is 0 Å². The van der Waals surface area contributed by atoms with Crippen molar-refractivity contribution in [2.75, 3.05) is 0 Å². The highest BCUT2D eigenvalue weighted by Crippen LogP contribution is 2.11. The smallest absolute Gasteiger partial charge is 0.268 e. The average molecular weight is 340 g/mol. The van der Waals surface area contributed by atoms with Crippen LogP contribution in [0.4, 0.5) is 0 Å². The number of hydrogen-bond acceptors (Lipinski definition) is 2. The van der Waals surface area contributed by atoms with Crippen LogP contribution in [0.1, 0.15) is 16.7 Å². The van der Waals surface area contributed by atoms with Crippen molar-refractivity contribution in [2.24, 2.45) is 0 Å². The van der Waals surface area contributed by atoms with E-state index in [0.29, 0.717) is 6.54 Å². The maximum absolute atomic E-state index is 11.7. The Kier molecular flexibility index (Phi) is 3.61. The Hall–Kier alpha value is -1.17. The van der Waals surface area contributed by atoms with E-state index in [1.54, 1.807) is 12.3 Å². The molecule has 0 fully saturated rings. The third-order valence-electron chi connectivity index (χ3n) is 2.66. The van der Waals surface area contributed by atoms with E-state index in [-0.39, 0.29) is 5.56 Å². The molecule has 0 saturated carbocycles. The second-order valence-electron chi connectivity index (χ2n) is 4.10. The molecule has 0 unspecified atom stereocenters. The van der Waals surface area contributed by atoms with Crippen LogP contribution in [0.25, 0.3) is 0 Å². The molecule has 0 bridgehead atoms. The summed E-state index contributed by atoms with van der Waals surface area (Å²) < 4.78 is 2.36. The van der Waals surface area contributed by atoms with Gasteiger partial charge in [0.15, 0.2) is 0 Å². The summed E-state index contributed by atoms with van der Waals surface area (Å²) in [7, 11) is 0. The molecule has 1 heterocycles. The minimum Gasteiger partial charge on any atom is -0.268 e. The standard InChI is InChI=1S/C13H13IN2O/c1-9-3-4-10(2)11(5-9)8-16-13(17)6-12(14)7-15-16/h3-7H,8H2,1-2H3. The van der Waals surface area contributed by atoms with Crippen LogP contribution < -0.4 is 5.56 Å². The van der Waals surface area contributed by atoms with Gasteiger partial charge in [0.25, 0.3) is 5.56 Å². The summed E-state index contributed by atoms with van der Waals surface area (Å²) in [6.45, 7) is 4.63. The maximum Gasteiger partial charge on any atom is 0.268 e. The molecule has 1 aromatic heterocycles. The first kappa shape index (κ1) is 12.3. The molecular weight excluding hydrogens is 327 g/mol. The summed E-state index contributed by atoms with van der Waals surface area (Å²) in [4.78, 5) is 11.7. The highest BCUT2D eigenvalue weighted by atomic mass is 127. The predicted octanol–water partition coefficient (Wildman–Crippen LogP) is 2.51. The Morgan fingerprint density at radius 3 is 2.76 bits per heavy atom. The molecule has 0 aliphatic rings. The molecule has 0 radical (unpaired) electrons. The van der Waals surface area contributed by atoms with Crippen molar-refractivity contribution in [3.05, 3.63) is 61.1 Å². The Labute approximate surface area is 114 Å². The van der Waals surface area contributed by atoms with Gasteiger partial charge in [-0.3, -0.25) is 4.79 Å². The highest BCUT2D eigenvalue weighted by molar-refractivity contribution is 14.1. The number of aryl methyl sites for hydroxylation is 2. The quantitative estimate of drug-likeness (QED) is 0.788. The SMILES string of the molecule is Cc1ccc(C)c(Cn2ncc(I)cc2=O)c1. The van der Waals surface area contributed by atoms with Gasteiger partial charge in [0.1, 0.15) is 0 Å². The van der Waals surface area contributed by atoms with Crippen molar-refractivity contribution in [1.29, 1.82) is 0 Å². The van der Waals surface area contributed by atoms with Crippen LogP contribution >= 0.6 is 22.6 Å². The van der Waals surface area contributed by atoms with Gasteiger partial charge in [-0.2, -0.15) is 5.10 Å². The second-order valence-corrected chi connectivity index (χ2v) is 5.35. The first-order valence-electron chi connectivity index (χ1n) is 5.35. The molecule has 0 atom stereocenters. The van der Waals surface area contributed by atoms with E-state index in [1.165, 1.54) is 15.8 Å². The molecule has 4 heteroatoms. The van der Waals surface area contributed by atoms with Gasteiger partial charge in [-0.1, -0.05) is 23.8 Å². The van der Waals surface area contributed by atoms with Crippen LogP contribution in [-0.2, 0) is 6.54 Å². The highest BCUT2D eigenvalue weighted by Gasteiger charge is 2.03. The molecule has 2 aromatic rings. The van der Waals surface area contributed by atoms with Crippen LogP contribution in [0.15, 0.2) is 35.3 Å². The number of halogens is 1. The third kappa shape index (κ3) is 2.94. The Morgan fingerprint density at radius 2 is 2.06 bits per heavy atom. The van der Waals surface area contributed by atoms with E-state index in [2.05, 4.69) is 45.9 Å². The normalized spacial score (nSPS) is 10.5. The average Bonchev–Trinajstić information content (AvgIpc) is 2.27. The van der Waals surface area contributed by atoms with E-state index in [4.69, 9.17) is 0 Å². The minimum atomic E-state index is -0.0576. The summed E-state index contributed by atoms with van der Waals surface area (Å²) in [6.07, 6.45) is 1.70.